The summed E-state index contributed by atoms with van der Waals surface area (Å²) in [5, 5.41) is 0. The summed E-state index contributed by atoms with van der Waals surface area (Å²) >= 11 is 0. The van der Waals surface area contributed by atoms with E-state index in [2.05, 4.69) is 18.9 Å². The third-order valence-corrected chi connectivity index (χ3v) is 4.69. The number of rotatable bonds is 2. The van der Waals surface area contributed by atoms with Crippen molar-refractivity contribution in [1.82, 2.24) is 4.90 Å². The van der Waals surface area contributed by atoms with Crippen molar-refractivity contribution >= 4 is 5.91 Å². The molecule has 3 saturated heterocycles. The Labute approximate surface area is 99.0 Å². The maximum absolute atomic E-state index is 12.1. The number of nitrogens with zero attached hydrogens (tertiary/aromatic N) is 2. The molecular weight excluding hydrogens is 200 g/mol. The summed E-state index contributed by atoms with van der Waals surface area (Å²) in [5.74, 6) is 0.511. The molecule has 2 bridgehead atoms. The number of fused-ring (bicyclic) bond motifs is 3. The van der Waals surface area contributed by atoms with Crippen LogP contribution in [0.1, 0.15) is 33.6 Å². The predicted molar refractivity (Wildman–Crippen MR) is 65.0 cm³/mol. The normalized spacial score (nSPS) is 38.2. The molecule has 0 N–H and O–H groups in total. The minimum absolute atomic E-state index is 0.153. The lowest BCUT2D eigenvalue weighted by atomic mass is 9.87. The second-order valence-corrected chi connectivity index (χ2v) is 6.01. The molecule has 3 aliphatic rings. The lowest BCUT2D eigenvalue weighted by Crippen LogP contribution is -2.71. The first-order valence-corrected chi connectivity index (χ1v) is 6.62. The summed E-state index contributed by atoms with van der Waals surface area (Å²) in [7, 11) is 2.36. The fourth-order valence-electron chi connectivity index (χ4n) is 3.33. The van der Waals surface area contributed by atoms with Gasteiger partial charge in [0.15, 0.2) is 0 Å². The molecular formula is C13H25N2O+. The Bertz CT molecular complexity index is 290. The van der Waals surface area contributed by atoms with Gasteiger partial charge in [-0.1, -0.05) is 13.8 Å². The smallest absolute Gasteiger partial charge is 0.225 e. The number of amides is 1. The Kier molecular flexibility index (Phi) is 2.99. The average molecular weight is 225 g/mol. The molecule has 0 aromatic rings. The summed E-state index contributed by atoms with van der Waals surface area (Å²) in [6.07, 6.45) is 2.52. The van der Waals surface area contributed by atoms with Crippen LogP contribution in [0.2, 0.25) is 0 Å². The average Bonchev–Trinajstić information content (AvgIpc) is 2.28. The molecule has 3 rings (SSSR count). The van der Waals surface area contributed by atoms with Crippen molar-refractivity contribution < 1.29 is 9.28 Å². The first-order chi connectivity index (χ1) is 7.48. The van der Waals surface area contributed by atoms with E-state index in [0.29, 0.717) is 18.0 Å². The van der Waals surface area contributed by atoms with Gasteiger partial charge in [0.05, 0.1) is 32.7 Å². The van der Waals surface area contributed by atoms with Gasteiger partial charge in [0.1, 0.15) is 6.04 Å². The second-order valence-electron chi connectivity index (χ2n) is 6.01. The van der Waals surface area contributed by atoms with Gasteiger partial charge < -0.3 is 9.38 Å². The molecule has 3 heteroatoms. The first-order valence-electron chi connectivity index (χ1n) is 6.62. The number of carbonyl (C=O) groups is 1. The highest BCUT2D eigenvalue weighted by Crippen LogP contribution is 2.33. The van der Waals surface area contributed by atoms with Crippen LogP contribution >= 0.6 is 0 Å². The highest BCUT2D eigenvalue weighted by atomic mass is 16.2. The molecule has 16 heavy (non-hydrogen) atoms. The maximum Gasteiger partial charge on any atom is 0.225 e. The van der Waals surface area contributed by atoms with Gasteiger partial charge in [-0.15, -0.1) is 0 Å². The highest BCUT2D eigenvalue weighted by molar-refractivity contribution is 5.78. The molecule has 0 aromatic heterocycles. The summed E-state index contributed by atoms with van der Waals surface area (Å²) in [4.78, 5) is 14.3. The molecule has 3 heterocycles. The lowest BCUT2D eigenvalue weighted by Gasteiger charge is -2.56. The quantitative estimate of drug-likeness (QED) is 0.652. The van der Waals surface area contributed by atoms with Gasteiger partial charge in [0.25, 0.3) is 0 Å². The number of quaternary nitrogens is 1. The van der Waals surface area contributed by atoms with Crippen LogP contribution in [0.15, 0.2) is 0 Å². The fraction of sp³-hybridized carbons (Fsp3) is 0.923. The molecule has 0 spiro atoms. The van der Waals surface area contributed by atoms with Gasteiger partial charge >= 0.3 is 0 Å². The molecule has 3 fully saturated rings. The zero-order valence-electron chi connectivity index (χ0n) is 11.1. The van der Waals surface area contributed by atoms with Gasteiger partial charge in [-0.3, -0.25) is 4.79 Å². The molecule has 1 amide bonds. The monoisotopic (exact) mass is 225 g/mol. The van der Waals surface area contributed by atoms with Crippen LogP contribution in [-0.4, -0.2) is 54.1 Å². The van der Waals surface area contributed by atoms with E-state index < -0.39 is 0 Å². The topological polar surface area (TPSA) is 20.3 Å². The van der Waals surface area contributed by atoms with Crippen LogP contribution in [0.25, 0.3) is 0 Å². The van der Waals surface area contributed by atoms with E-state index in [4.69, 9.17) is 0 Å². The summed E-state index contributed by atoms with van der Waals surface area (Å²) in [5.41, 5.74) is 0. The van der Waals surface area contributed by atoms with Crippen molar-refractivity contribution in [2.45, 2.75) is 45.7 Å². The summed E-state index contributed by atoms with van der Waals surface area (Å²) < 4.78 is 1.17. The van der Waals surface area contributed by atoms with E-state index in [1.807, 2.05) is 13.8 Å². The van der Waals surface area contributed by atoms with E-state index >= 15 is 0 Å². The largest absolute Gasteiger partial charge is 0.328 e. The highest BCUT2D eigenvalue weighted by Gasteiger charge is 2.48. The molecule has 3 unspecified atom stereocenters. The Morgan fingerprint density at radius 1 is 1.44 bits per heavy atom. The standard InChI is InChI=1S/C13H25N2O/c1-5-15(4)9-11-6-7-12(15)8-14(11)13(16)10(2)3/h10-12H,5-9H2,1-4H3/q+1. The Balaban J connectivity index is 2.12. The van der Waals surface area contributed by atoms with Crippen LogP contribution in [0.3, 0.4) is 0 Å². The molecule has 0 aliphatic carbocycles. The van der Waals surface area contributed by atoms with Crippen molar-refractivity contribution in [1.29, 1.82) is 0 Å². The van der Waals surface area contributed by atoms with Crippen LogP contribution in [0.5, 0.6) is 0 Å². The van der Waals surface area contributed by atoms with E-state index in [1.54, 1.807) is 0 Å². The predicted octanol–water partition coefficient (Wildman–Crippen LogP) is 1.48. The van der Waals surface area contributed by atoms with Crippen LogP contribution in [-0.2, 0) is 4.79 Å². The van der Waals surface area contributed by atoms with Gasteiger partial charge in [-0.2, -0.15) is 0 Å². The van der Waals surface area contributed by atoms with Crippen LogP contribution in [0.4, 0.5) is 0 Å². The van der Waals surface area contributed by atoms with Crippen LogP contribution in [0, 0.1) is 5.92 Å². The number of hydrogen-bond donors (Lipinski definition) is 0. The van der Waals surface area contributed by atoms with Gasteiger partial charge in [-0.25, -0.2) is 0 Å². The zero-order chi connectivity index (χ0) is 11.9. The first kappa shape index (κ1) is 11.9. The van der Waals surface area contributed by atoms with Crippen molar-refractivity contribution in [2.75, 3.05) is 26.7 Å². The Hall–Kier alpha value is -0.570. The van der Waals surface area contributed by atoms with Crippen molar-refractivity contribution in [3.63, 3.8) is 0 Å². The minimum atomic E-state index is 0.153. The Morgan fingerprint density at radius 2 is 2.12 bits per heavy atom. The molecule has 3 atom stereocenters. The van der Waals surface area contributed by atoms with Crippen molar-refractivity contribution in [3.05, 3.63) is 0 Å². The second kappa shape index (κ2) is 4.02. The number of carbonyl (C=O) groups excluding carboxylic acids is 1. The SMILES string of the molecule is CC[N+]1(C)CC2CCC1CN2C(=O)C(C)C. The maximum atomic E-state index is 12.1. The number of piperazine rings is 1. The number of hydrogen-bond acceptors (Lipinski definition) is 1. The van der Waals surface area contributed by atoms with Crippen molar-refractivity contribution in [2.24, 2.45) is 5.92 Å². The van der Waals surface area contributed by atoms with Crippen molar-refractivity contribution in [3.8, 4) is 0 Å². The van der Waals surface area contributed by atoms with E-state index in [1.165, 1.54) is 30.4 Å². The van der Waals surface area contributed by atoms with E-state index in [9.17, 15) is 4.79 Å². The van der Waals surface area contributed by atoms with Gasteiger partial charge in [0.2, 0.25) is 5.91 Å². The molecule has 0 radical (unpaired) electrons. The van der Waals surface area contributed by atoms with Gasteiger partial charge in [0, 0.05) is 12.3 Å². The third-order valence-electron chi connectivity index (χ3n) is 4.69. The van der Waals surface area contributed by atoms with E-state index in [0.717, 1.165) is 6.54 Å². The van der Waals surface area contributed by atoms with Crippen LogP contribution < -0.4 is 0 Å². The Morgan fingerprint density at radius 3 is 2.56 bits per heavy atom. The third kappa shape index (κ3) is 1.75. The molecule has 3 nitrogen and oxygen atoms in total. The molecule has 0 aromatic carbocycles. The summed E-state index contributed by atoms with van der Waals surface area (Å²) in [6, 6.07) is 1.18. The molecule has 3 aliphatic heterocycles. The fourth-order valence-corrected chi connectivity index (χ4v) is 3.33. The zero-order valence-corrected chi connectivity index (χ0v) is 11.1. The molecule has 0 saturated carbocycles. The molecule has 92 valence electrons. The van der Waals surface area contributed by atoms with Gasteiger partial charge in [-0.05, 0) is 13.3 Å². The number of likely N-dealkylation sites (N-methyl/N-ethyl adjacent to an activating group) is 1. The number of piperidine rings is 2. The van der Waals surface area contributed by atoms with E-state index in [-0.39, 0.29) is 5.92 Å². The minimum Gasteiger partial charge on any atom is -0.328 e. The summed E-state index contributed by atoms with van der Waals surface area (Å²) in [6.45, 7) is 9.66. The lowest BCUT2D eigenvalue weighted by molar-refractivity contribution is -0.944.